The molecule has 8 nitrogen and oxygen atoms in total. The van der Waals surface area contributed by atoms with E-state index >= 15 is 0 Å². The van der Waals surface area contributed by atoms with Crippen LogP contribution in [0.1, 0.15) is 50.0 Å². The highest BCUT2D eigenvalue weighted by molar-refractivity contribution is 5.85. The van der Waals surface area contributed by atoms with Crippen molar-refractivity contribution >= 4 is 17.7 Å². The minimum atomic E-state index is -0.735. The average Bonchev–Trinajstić information content (AvgIpc) is 2.77. The lowest BCUT2D eigenvalue weighted by Gasteiger charge is -2.33. The second-order valence-electron chi connectivity index (χ2n) is 8.52. The van der Waals surface area contributed by atoms with Crippen LogP contribution in [0.15, 0.2) is 24.3 Å². The van der Waals surface area contributed by atoms with Gasteiger partial charge in [-0.15, -0.1) is 0 Å². The molecule has 3 heterocycles. The SMILES string of the molecule is O=C1NC(O)CCC1Nc1ccc(C2CCN(C(=O)OC3CCNCC3)CC2)cc1. The van der Waals surface area contributed by atoms with Gasteiger partial charge in [-0.2, -0.15) is 0 Å². The van der Waals surface area contributed by atoms with Crippen LogP contribution in [-0.2, 0) is 9.53 Å². The van der Waals surface area contributed by atoms with Crippen molar-refractivity contribution < 1.29 is 19.4 Å². The van der Waals surface area contributed by atoms with Gasteiger partial charge in [0.15, 0.2) is 0 Å². The summed E-state index contributed by atoms with van der Waals surface area (Å²) in [5.74, 6) is 0.261. The Kier molecular flexibility index (Phi) is 6.74. The van der Waals surface area contributed by atoms with Crippen molar-refractivity contribution in [1.82, 2.24) is 15.5 Å². The van der Waals surface area contributed by atoms with E-state index in [1.54, 1.807) is 0 Å². The molecular weight excluding hydrogens is 384 g/mol. The highest BCUT2D eigenvalue weighted by Gasteiger charge is 2.28. The molecule has 30 heavy (non-hydrogen) atoms. The van der Waals surface area contributed by atoms with E-state index < -0.39 is 6.23 Å². The number of anilines is 1. The third-order valence-electron chi connectivity index (χ3n) is 6.38. The summed E-state index contributed by atoms with van der Waals surface area (Å²) in [4.78, 5) is 26.2. The number of hydrogen-bond acceptors (Lipinski definition) is 6. The second-order valence-corrected chi connectivity index (χ2v) is 8.52. The maximum absolute atomic E-state index is 12.4. The Hall–Kier alpha value is -2.32. The second kappa shape index (κ2) is 9.66. The first-order valence-corrected chi connectivity index (χ1v) is 11.1. The van der Waals surface area contributed by atoms with Gasteiger partial charge in [-0.3, -0.25) is 4.79 Å². The summed E-state index contributed by atoms with van der Waals surface area (Å²) >= 11 is 0. The largest absolute Gasteiger partial charge is 0.446 e. The van der Waals surface area contributed by atoms with Crippen molar-refractivity contribution in [1.29, 1.82) is 0 Å². The van der Waals surface area contributed by atoms with Crippen molar-refractivity contribution in [3.8, 4) is 0 Å². The molecular formula is C22H32N4O4. The zero-order chi connectivity index (χ0) is 20.9. The number of piperidine rings is 3. The van der Waals surface area contributed by atoms with E-state index in [4.69, 9.17) is 4.74 Å². The van der Waals surface area contributed by atoms with Gasteiger partial charge in [-0.25, -0.2) is 4.79 Å². The fourth-order valence-electron chi connectivity index (χ4n) is 4.51. The fourth-order valence-corrected chi connectivity index (χ4v) is 4.51. The van der Waals surface area contributed by atoms with Crippen LogP contribution in [0.4, 0.5) is 10.5 Å². The van der Waals surface area contributed by atoms with Crippen molar-refractivity contribution in [2.24, 2.45) is 0 Å². The van der Waals surface area contributed by atoms with Crippen LogP contribution in [0.3, 0.4) is 0 Å². The maximum Gasteiger partial charge on any atom is 0.410 e. The topological polar surface area (TPSA) is 103 Å². The lowest BCUT2D eigenvalue weighted by molar-refractivity contribution is -0.127. The predicted octanol–water partition coefficient (Wildman–Crippen LogP) is 1.76. The first-order chi connectivity index (χ1) is 14.6. The van der Waals surface area contributed by atoms with Gasteiger partial charge < -0.3 is 30.7 Å². The van der Waals surface area contributed by atoms with E-state index in [-0.39, 0.29) is 24.1 Å². The van der Waals surface area contributed by atoms with Gasteiger partial charge in [0.05, 0.1) is 0 Å². The first-order valence-electron chi connectivity index (χ1n) is 11.1. The summed E-state index contributed by atoms with van der Waals surface area (Å²) in [5, 5.41) is 18.6. The average molecular weight is 417 g/mol. The third kappa shape index (κ3) is 5.23. The van der Waals surface area contributed by atoms with Gasteiger partial charge >= 0.3 is 6.09 Å². The Bertz CT molecular complexity index is 727. The normalized spacial score (nSPS) is 26.2. The summed E-state index contributed by atoms with van der Waals surface area (Å²) in [6.07, 6.45) is 3.95. The van der Waals surface area contributed by atoms with E-state index in [0.717, 1.165) is 57.5 Å². The van der Waals surface area contributed by atoms with Crippen LogP contribution >= 0.6 is 0 Å². The summed E-state index contributed by atoms with van der Waals surface area (Å²) in [5.41, 5.74) is 2.16. The Labute approximate surface area is 177 Å². The zero-order valence-corrected chi connectivity index (χ0v) is 17.3. The van der Waals surface area contributed by atoms with Crippen LogP contribution < -0.4 is 16.0 Å². The smallest absolute Gasteiger partial charge is 0.410 e. The molecule has 4 N–H and O–H groups in total. The van der Waals surface area contributed by atoms with E-state index in [2.05, 4.69) is 28.1 Å². The van der Waals surface area contributed by atoms with Crippen LogP contribution in [0.25, 0.3) is 0 Å². The van der Waals surface area contributed by atoms with Crippen LogP contribution in [0.5, 0.6) is 0 Å². The van der Waals surface area contributed by atoms with Crippen molar-refractivity contribution in [2.75, 3.05) is 31.5 Å². The van der Waals surface area contributed by atoms with Crippen LogP contribution in [-0.4, -0.2) is 66.6 Å². The molecule has 2 amide bonds. The molecule has 2 unspecified atom stereocenters. The summed E-state index contributed by atoms with van der Waals surface area (Å²) in [6.45, 7) is 3.27. The third-order valence-corrected chi connectivity index (χ3v) is 6.38. The molecule has 3 fully saturated rings. The molecule has 2 atom stereocenters. The quantitative estimate of drug-likeness (QED) is 0.597. The molecule has 0 radical (unpaired) electrons. The van der Waals surface area contributed by atoms with Crippen molar-refractivity contribution in [3.63, 3.8) is 0 Å². The number of hydrogen-bond donors (Lipinski definition) is 4. The minimum Gasteiger partial charge on any atom is -0.446 e. The van der Waals surface area contributed by atoms with Gasteiger partial charge in [0.25, 0.3) is 0 Å². The molecule has 1 aromatic rings. The number of benzene rings is 1. The van der Waals surface area contributed by atoms with Gasteiger partial charge in [-0.1, -0.05) is 12.1 Å². The van der Waals surface area contributed by atoms with Gasteiger partial charge in [0, 0.05) is 18.8 Å². The van der Waals surface area contributed by atoms with Crippen LogP contribution in [0, 0.1) is 0 Å². The molecule has 8 heteroatoms. The van der Waals surface area contributed by atoms with E-state index in [1.807, 2.05) is 17.0 Å². The van der Waals surface area contributed by atoms with Gasteiger partial charge in [-0.05, 0) is 75.2 Å². The molecule has 0 aromatic heterocycles. The molecule has 1 aromatic carbocycles. The number of nitrogens with one attached hydrogen (secondary N) is 3. The molecule has 0 saturated carbocycles. The van der Waals surface area contributed by atoms with Crippen molar-refractivity contribution in [3.05, 3.63) is 29.8 Å². The Morgan fingerprint density at radius 2 is 1.73 bits per heavy atom. The number of aliphatic hydroxyl groups excluding tert-OH is 1. The molecule has 164 valence electrons. The Morgan fingerprint density at radius 3 is 2.40 bits per heavy atom. The molecule has 0 spiro atoms. The van der Waals surface area contributed by atoms with Crippen molar-refractivity contribution in [2.45, 2.75) is 62.8 Å². The number of likely N-dealkylation sites (tertiary alicyclic amines) is 1. The number of rotatable bonds is 4. The molecule has 3 aliphatic rings. The minimum absolute atomic E-state index is 0.0472. The number of carbonyl (C=O) groups is 2. The Balaban J connectivity index is 1.24. The number of amides is 2. The summed E-state index contributed by atoms with van der Waals surface area (Å²) in [6, 6.07) is 7.90. The fraction of sp³-hybridized carbons (Fsp3) is 0.636. The number of ether oxygens (including phenoxy) is 1. The highest BCUT2D eigenvalue weighted by atomic mass is 16.6. The zero-order valence-electron chi connectivity index (χ0n) is 17.3. The van der Waals surface area contributed by atoms with Crippen LogP contribution in [0.2, 0.25) is 0 Å². The molecule has 3 aliphatic heterocycles. The van der Waals surface area contributed by atoms with E-state index in [9.17, 15) is 14.7 Å². The molecule has 0 aliphatic carbocycles. The Morgan fingerprint density at radius 1 is 1.03 bits per heavy atom. The molecule has 3 saturated heterocycles. The standard InChI is InChI=1S/C22H32N4O4/c27-20-6-5-19(21(28)25-20)24-17-3-1-15(2-4-17)16-9-13-26(14-10-16)22(29)30-18-7-11-23-12-8-18/h1-4,16,18-20,23-24,27H,5-14H2,(H,25,28). The maximum atomic E-state index is 12.4. The summed E-state index contributed by atoms with van der Waals surface area (Å²) in [7, 11) is 0. The summed E-state index contributed by atoms with van der Waals surface area (Å²) < 4.78 is 5.67. The highest BCUT2D eigenvalue weighted by Crippen LogP contribution is 2.29. The lowest BCUT2D eigenvalue weighted by atomic mass is 9.89. The van der Waals surface area contributed by atoms with Gasteiger partial charge in [0.1, 0.15) is 18.4 Å². The first kappa shape index (κ1) is 20.9. The predicted molar refractivity (Wildman–Crippen MR) is 113 cm³/mol. The number of aliphatic hydroxyl groups is 1. The van der Waals surface area contributed by atoms with E-state index in [0.29, 0.717) is 18.8 Å². The number of nitrogens with zero attached hydrogens (tertiary/aromatic N) is 1. The molecule has 4 rings (SSSR count). The van der Waals surface area contributed by atoms with Gasteiger partial charge in [0.2, 0.25) is 5.91 Å². The number of carbonyl (C=O) groups excluding carboxylic acids is 2. The van der Waals surface area contributed by atoms with E-state index in [1.165, 1.54) is 5.56 Å². The molecule has 0 bridgehead atoms. The lowest BCUT2D eigenvalue weighted by Crippen LogP contribution is -2.49. The monoisotopic (exact) mass is 416 g/mol.